The van der Waals surface area contributed by atoms with Crippen molar-refractivity contribution in [1.82, 2.24) is 10.7 Å². The van der Waals surface area contributed by atoms with Crippen LogP contribution in [-0.2, 0) is 9.59 Å². The Morgan fingerprint density at radius 1 is 1.37 bits per heavy atom. The smallest absolute Gasteiger partial charge is 0.267 e. The summed E-state index contributed by atoms with van der Waals surface area (Å²) >= 11 is 0. The first-order chi connectivity index (χ1) is 8.94. The molecule has 2 N–H and O–H groups in total. The summed E-state index contributed by atoms with van der Waals surface area (Å²) in [6.45, 7) is 7.15. The van der Waals surface area contributed by atoms with Crippen molar-refractivity contribution in [3.8, 4) is 0 Å². The number of rotatable bonds is 7. The molecule has 5 nitrogen and oxygen atoms in total. The molecule has 1 aliphatic heterocycles. The molecular formula is C14H25N3O2. The van der Waals surface area contributed by atoms with Gasteiger partial charge >= 0.3 is 0 Å². The highest BCUT2D eigenvalue weighted by atomic mass is 16.2. The first-order valence-electron chi connectivity index (χ1n) is 7.08. The van der Waals surface area contributed by atoms with Gasteiger partial charge in [-0.2, -0.15) is 5.10 Å². The van der Waals surface area contributed by atoms with Crippen LogP contribution in [0.1, 0.15) is 59.3 Å². The van der Waals surface area contributed by atoms with Crippen molar-refractivity contribution in [2.24, 2.45) is 10.5 Å². The third-order valence-electron chi connectivity index (χ3n) is 3.35. The van der Waals surface area contributed by atoms with Crippen molar-refractivity contribution >= 4 is 17.5 Å². The van der Waals surface area contributed by atoms with E-state index < -0.39 is 0 Å². The lowest BCUT2D eigenvalue weighted by molar-refractivity contribution is -0.121. The minimum atomic E-state index is -0.163. The van der Waals surface area contributed by atoms with E-state index in [1.165, 1.54) is 19.3 Å². The monoisotopic (exact) mass is 267 g/mol. The maximum Gasteiger partial charge on any atom is 0.267 e. The summed E-state index contributed by atoms with van der Waals surface area (Å²) in [5.74, 6) is -0.292. The third-order valence-corrected chi connectivity index (χ3v) is 3.35. The van der Waals surface area contributed by atoms with Crippen molar-refractivity contribution < 1.29 is 9.59 Å². The second-order valence-corrected chi connectivity index (χ2v) is 5.90. The zero-order chi connectivity index (χ0) is 14.3. The topological polar surface area (TPSA) is 70.6 Å². The quantitative estimate of drug-likeness (QED) is 0.692. The van der Waals surface area contributed by atoms with Gasteiger partial charge in [0.25, 0.3) is 5.91 Å². The Morgan fingerprint density at radius 2 is 2.11 bits per heavy atom. The Balaban J connectivity index is 2.34. The summed E-state index contributed by atoms with van der Waals surface area (Å²) in [7, 11) is 0. The molecule has 0 aromatic carbocycles. The highest BCUT2D eigenvalue weighted by Crippen LogP contribution is 2.22. The molecule has 108 valence electrons. The predicted octanol–water partition coefficient (Wildman–Crippen LogP) is 1.98. The fourth-order valence-corrected chi connectivity index (χ4v) is 2.00. The largest absolute Gasteiger partial charge is 0.350 e. The lowest BCUT2D eigenvalue weighted by atomic mass is 9.87. The normalized spacial score (nSPS) is 15.7. The summed E-state index contributed by atoms with van der Waals surface area (Å²) in [5, 5.41) is 6.70. The molecule has 0 radical (unpaired) electrons. The third kappa shape index (κ3) is 5.85. The van der Waals surface area contributed by atoms with Gasteiger partial charge in [-0.25, -0.2) is 5.43 Å². The van der Waals surface area contributed by atoms with Gasteiger partial charge in [-0.15, -0.1) is 0 Å². The second-order valence-electron chi connectivity index (χ2n) is 5.90. The first kappa shape index (κ1) is 15.7. The van der Waals surface area contributed by atoms with Crippen LogP contribution in [0.5, 0.6) is 0 Å². The molecule has 19 heavy (non-hydrogen) atoms. The average molecular weight is 267 g/mol. The van der Waals surface area contributed by atoms with Gasteiger partial charge in [0.05, 0.1) is 0 Å². The molecule has 0 bridgehead atoms. The minimum absolute atomic E-state index is 0.101. The maximum atomic E-state index is 11.9. The van der Waals surface area contributed by atoms with E-state index >= 15 is 0 Å². The van der Waals surface area contributed by atoms with Crippen LogP contribution in [0, 0.1) is 5.41 Å². The molecule has 0 aromatic heterocycles. The molecule has 0 spiro atoms. The minimum Gasteiger partial charge on any atom is -0.350 e. The van der Waals surface area contributed by atoms with Crippen LogP contribution in [0.25, 0.3) is 0 Å². The lowest BCUT2D eigenvalue weighted by Gasteiger charge is -2.25. The Bertz CT molecular complexity index is 362. The first-order valence-corrected chi connectivity index (χ1v) is 7.08. The predicted molar refractivity (Wildman–Crippen MR) is 75.7 cm³/mol. The molecular weight excluding hydrogens is 242 g/mol. The van der Waals surface area contributed by atoms with Crippen LogP contribution >= 0.6 is 0 Å². The lowest BCUT2D eigenvalue weighted by Crippen LogP contribution is -2.40. The number of hydrazone groups is 1. The van der Waals surface area contributed by atoms with Crippen LogP contribution in [-0.4, -0.2) is 24.1 Å². The number of nitrogens with one attached hydrogen (secondary N) is 2. The molecule has 1 rings (SSSR count). The molecule has 0 aromatic rings. The molecule has 0 aliphatic carbocycles. The molecule has 0 saturated heterocycles. The zero-order valence-corrected chi connectivity index (χ0v) is 12.2. The van der Waals surface area contributed by atoms with Gasteiger partial charge in [-0.05, 0) is 11.8 Å². The highest BCUT2D eigenvalue weighted by Gasteiger charge is 2.22. The van der Waals surface area contributed by atoms with Gasteiger partial charge in [0.15, 0.2) is 0 Å². The Hall–Kier alpha value is -1.39. The van der Waals surface area contributed by atoms with Gasteiger partial charge < -0.3 is 5.32 Å². The van der Waals surface area contributed by atoms with Crippen LogP contribution in [0.4, 0.5) is 0 Å². The molecule has 0 saturated carbocycles. The van der Waals surface area contributed by atoms with Crippen molar-refractivity contribution in [3.05, 3.63) is 0 Å². The maximum absolute atomic E-state index is 11.9. The van der Waals surface area contributed by atoms with Crippen molar-refractivity contribution in [2.45, 2.75) is 59.3 Å². The van der Waals surface area contributed by atoms with Crippen LogP contribution in [0.3, 0.4) is 0 Å². The zero-order valence-electron chi connectivity index (χ0n) is 12.2. The van der Waals surface area contributed by atoms with Crippen molar-refractivity contribution in [2.75, 3.05) is 6.54 Å². The van der Waals surface area contributed by atoms with E-state index in [0.29, 0.717) is 25.1 Å². The van der Waals surface area contributed by atoms with Crippen molar-refractivity contribution in [3.63, 3.8) is 0 Å². The molecule has 1 heterocycles. The second kappa shape index (κ2) is 7.26. The number of carbonyl (C=O) groups excluding carboxylic acids is 2. The molecule has 0 fully saturated rings. The van der Waals surface area contributed by atoms with E-state index in [9.17, 15) is 9.59 Å². The number of hydrogen-bond acceptors (Lipinski definition) is 3. The van der Waals surface area contributed by atoms with E-state index in [1.54, 1.807) is 0 Å². The van der Waals surface area contributed by atoms with E-state index in [4.69, 9.17) is 0 Å². The van der Waals surface area contributed by atoms with Crippen LogP contribution in [0.2, 0.25) is 0 Å². The van der Waals surface area contributed by atoms with Crippen LogP contribution in [0.15, 0.2) is 5.10 Å². The standard InChI is InChI=1S/C14H25N3O2/c1-4-5-6-9-14(2,3)10-15-13(19)11-7-8-12(18)17-16-11/h4-10H2,1-3H3,(H,15,19)(H,17,18). The summed E-state index contributed by atoms with van der Waals surface area (Å²) in [5.41, 5.74) is 2.86. The molecule has 0 unspecified atom stereocenters. The Kier molecular flexibility index (Phi) is 5.99. The van der Waals surface area contributed by atoms with Gasteiger partial charge in [0, 0.05) is 19.4 Å². The summed E-state index contributed by atoms with van der Waals surface area (Å²) in [4.78, 5) is 22.8. The van der Waals surface area contributed by atoms with Gasteiger partial charge in [0.2, 0.25) is 5.91 Å². The van der Waals surface area contributed by atoms with Crippen LogP contribution < -0.4 is 10.7 Å². The summed E-state index contributed by atoms with van der Waals surface area (Å²) < 4.78 is 0. The highest BCUT2D eigenvalue weighted by molar-refractivity contribution is 6.39. The molecule has 0 atom stereocenters. The molecule has 5 heteroatoms. The average Bonchev–Trinajstić information content (AvgIpc) is 2.37. The number of amides is 2. The molecule has 2 amide bonds. The SMILES string of the molecule is CCCCCC(C)(C)CNC(=O)C1=NNC(=O)CC1. The summed E-state index contributed by atoms with van der Waals surface area (Å²) in [6, 6.07) is 0. The fraction of sp³-hybridized carbons (Fsp3) is 0.786. The Morgan fingerprint density at radius 3 is 2.68 bits per heavy atom. The van der Waals surface area contributed by atoms with E-state index in [-0.39, 0.29) is 17.2 Å². The van der Waals surface area contributed by atoms with Gasteiger partial charge in [-0.1, -0.05) is 40.0 Å². The van der Waals surface area contributed by atoms with E-state index in [1.807, 2.05) is 0 Å². The number of carbonyl (C=O) groups is 2. The number of unbranched alkanes of at least 4 members (excludes halogenated alkanes) is 2. The van der Waals surface area contributed by atoms with Crippen molar-refractivity contribution in [1.29, 1.82) is 0 Å². The summed E-state index contributed by atoms with van der Waals surface area (Å²) in [6.07, 6.45) is 5.50. The number of nitrogens with zero attached hydrogens (tertiary/aromatic N) is 1. The molecule has 1 aliphatic rings. The Labute approximate surface area is 115 Å². The number of hydrogen-bond donors (Lipinski definition) is 2. The fourth-order valence-electron chi connectivity index (χ4n) is 2.00. The van der Waals surface area contributed by atoms with E-state index in [2.05, 4.69) is 36.6 Å². The van der Waals surface area contributed by atoms with E-state index in [0.717, 1.165) is 6.42 Å². The van der Waals surface area contributed by atoms with Gasteiger partial charge in [-0.3, -0.25) is 9.59 Å². The van der Waals surface area contributed by atoms with Gasteiger partial charge in [0.1, 0.15) is 5.71 Å².